The van der Waals surface area contributed by atoms with E-state index in [0.717, 1.165) is 5.56 Å². The molecule has 21 heavy (non-hydrogen) atoms. The van der Waals surface area contributed by atoms with E-state index in [1.165, 1.54) is 0 Å². The van der Waals surface area contributed by atoms with E-state index < -0.39 is 0 Å². The van der Waals surface area contributed by atoms with Crippen LogP contribution in [-0.2, 0) is 16.1 Å². The summed E-state index contributed by atoms with van der Waals surface area (Å²) in [7, 11) is 1.83. The molecule has 5 nitrogen and oxygen atoms in total. The molecule has 0 bridgehead atoms. The van der Waals surface area contributed by atoms with Gasteiger partial charge in [0.2, 0.25) is 5.91 Å². The maximum absolute atomic E-state index is 12.3. The van der Waals surface area contributed by atoms with Gasteiger partial charge in [0.1, 0.15) is 0 Å². The zero-order valence-electron chi connectivity index (χ0n) is 12.9. The number of rotatable bonds is 5. The Hall–Kier alpha value is -0.950. The number of thiophene rings is 1. The lowest BCUT2D eigenvalue weighted by Crippen LogP contribution is -2.55. The van der Waals surface area contributed by atoms with Gasteiger partial charge in [-0.15, -0.1) is 0 Å². The molecule has 0 spiro atoms. The van der Waals surface area contributed by atoms with Crippen LogP contribution >= 0.6 is 11.3 Å². The zero-order valence-corrected chi connectivity index (χ0v) is 13.7. The van der Waals surface area contributed by atoms with Crippen LogP contribution in [0.25, 0.3) is 0 Å². The van der Waals surface area contributed by atoms with Crippen molar-refractivity contribution in [2.45, 2.75) is 32.1 Å². The minimum Gasteiger partial charge on any atom is -0.394 e. The van der Waals surface area contributed by atoms with Crippen molar-refractivity contribution in [3.05, 3.63) is 22.4 Å². The van der Waals surface area contributed by atoms with Crippen LogP contribution in [0.2, 0.25) is 0 Å². The SMILES string of the molecule is CN(Cc1ccsc1)C(=O)CN1CC(CO)OC(C)(C)C1. The van der Waals surface area contributed by atoms with Gasteiger partial charge in [-0.3, -0.25) is 9.69 Å². The second-order valence-electron chi connectivity index (χ2n) is 6.23. The number of carbonyl (C=O) groups excluding carboxylic acids is 1. The topological polar surface area (TPSA) is 53.0 Å². The first kappa shape index (κ1) is 16.4. The molecule has 118 valence electrons. The van der Waals surface area contributed by atoms with Crippen LogP contribution in [0.5, 0.6) is 0 Å². The lowest BCUT2D eigenvalue weighted by atomic mass is 10.1. The molecule has 1 amide bonds. The fraction of sp³-hybridized carbons (Fsp3) is 0.667. The molecule has 2 heterocycles. The first-order chi connectivity index (χ1) is 9.89. The summed E-state index contributed by atoms with van der Waals surface area (Å²) in [4.78, 5) is 16.1. The summed E-state index contributed by atoms with van der Waals surface area (Å²) in [5, 5.41) is 13.4. The standard InChI is InChI=1S/C15H24N2O3S/c1-15(2)11-17(7-13(9-18)20-15)8-14(19)16(3)6-12-4-5-21-10-12/h4-5,10,13,18H,6-9,11H2,1-3H3. The molecule has 1 atom stereocenters. The molecule has 0 aliphatic carbocycles. The van der Waals surface area contributed by atoms with Gasteiger partial charge in [-0.1, -0.05) is 0 Å². The number of hydrogen-bond acceptors (Lipinski definition) is 5. The first-order valence-corrected chi connectivity index (χ1v) is 8.10. The minimum absolute atomic E-state index is 0.0150. The van der Waals surface area contributed by atoms with Crippen LogP contribution in [0.3, 0.4) is 0 Å². The smallest absolute Gasteiger partial charge is 0.236 e. The Morgan fingerprint density at radius 3 is 3.00 bits per heavy atom. The number of hydrogen-bond donors (Lipinski definition) is 1. The largest absolute Gasteiger partial charge is 0.394 e. The van der Waals surface area contributed by atoms with E-state index in [0.29, 0.717) is 26.2 Å². The Morgan fingerprint density at radius 2 is 2.38 bits per heavy atom. The minimum atomic E-state index is -0.335. The summed E-state index contributed by atoms with van der Waals surface area (Å²) < 4.78 is 5.77. The monoisotopic (exact) mass is 312 g/mol. The highest BCUT2D eigenvalue weighted by molar-refractivity contribution is 7.07. The lowest BCUT2D eigenvalue weighted by molar-refractivity contribution is -0.156. The lowest BCUT2D eigenvalue weighted by Gasteiger charge is -2.42. The summed E-state index contributed by atoms with van der Waals surface area (Å²) >= 11 is 1.64. The van der Waals surface area contributed by atoms with Crippen molar-refractivity contribution in [3.8, 4) is 0 Å². The van der Waals surface area contributed by atoms with Crippen LogP contribution in [0.4, 0.5) is 0 Å². The molecule has 1 saturated heterocycles. The zero-order chi connectivity index (χ0) is 15.5. The summed E-state index contributed by atoms with van der Waals surface area (Å²) in [6.45, 7) is 6.25. The average Bonchev–Trinajstić information content (AvgIpc) is 2.89. The maximum Gasteiger partial charge on any atom is 0.236 e. The second kappa shape index (κ2) is 6.87. The number of nitrogens with zero attached hydrogens (tertiary/aromatic N) is 2. The van der Waals surface area contributed by atoms with E-state index in [9.17, 15) is 9.90 Å². The van der Waals surface area contributed by atoms with Crippen molar-refractivity contribution in [3.63, 3.8) is 0 Å². The highest BCUT2D eigenvalue weighted by Gasteiger charge is 2.34. The number of amides is 1. The molecule has 1 aromatic rings. The van der Waals surface area contributed by atoms with Crippen molar-refractivity contribution in [1.82, 2.24) is 9.80 Å². The Morgan fingerprint density at radius 1 is 1.62 bits per heavy atom. The van der Waals surface area contributed by atoms with Gasteiger partial charge in [0.15, 0.2) is 0 Å². The summed E-state index contributed by atoms with van der Waals surface area (Å²) in [6, 6.07) is 2.04. The Kier molecular flexibility index (Phi) is 5.37. The van der Waals surface area contributed by atoms with E-state index in [1.807, 2.05) is 32.3 Å². The van der Waals surface area contributed by atoms with Gasteiger partial charge in [0.25, 0.3) is 0 Å². The molecule has 1 N–H and O–H groups in total. The number of aliphatic hydroxyl groups excluding tert-OH is 1. The molecule has 1 fully saturated rings. The van der Waals surface area contributed by atoms with Crippen LogP contribution in [0.15, 0.2) is 16.8 Å². The third-order valence-corrected chi connectivity index (χ3v) is 4.27. The number of aliphatic hydroxyl groups is 1. The number of ether oxygens (including phenoxy) is 1. The van der Waals surface area contributed by atoms with Crippen molar-refractivity contribution in [2.24, 2.45) is 0 Å². The molecule has 0 radical (unpaired) electrons. The Balaban J connectivity index is 1.89. The fourth-order valence-corrected chi connectivity index (χ4v) is 3.35. The molecule has 2 rings (SSSR count). The molecular weight excluding hydrogens is 288 g/mol. The third-order valence-electron chi connectivity index (χ3n) is 3.54. The van der Waals surface area contributed by atoms with Crippen molar-refractivity contribution < 1.29 is 14.6 Å². The number of morpholine rings is 1. The predicted octanol–water partition coefficient (Wildman–Crippen LogP) is 1.18. The van der Waals surface area contributed by atoms with Crippen LogP contribution in [0.1, 0.15) is 19.4 Å². The van der Waals surface area contributed by atoms with E-state index in [-0.39, 0.29) is 24.2 Å². The normalized spacial score (nSPS) is 22.2. The van der Waals surface area contributed by atoms with Gasteiger partial charge in [0.05, 0.1) is 24.9 Å². The van der Waals surface area contributed by atoms with E-state index in [4.69, 9.17) is 4.74 Å². The molecular formula is C15H24N2O3S. The van der Waals surface area contributed by atoms with Gasteiger partial charge in [-0.25, -0.2) is 0 Å². The molecule has 1 unspecified atom stereocenters. The summed E-state index contributed by atoms with van der Waals surface area (Å²) in [5.41, 5.74) is 0.823. The van der Waals surface area contributed by atoms with Gasteiger partial charge in [-0.2, -0.15) is 11.3 Å². The predicted molar refractivity (Wildman–Crippen MR) is 83.3 cm³/mol. The molecule has 0 aromatic carbocycles. The van der Waals surface area contributed by atoms with Crippen LogP contribution < -0.4 is 0 Å². The summed E-state index contributed by atoms with van der Waals surface area (Å²) in [6.07, 6.45) is -0.219. The van der Waals surface area contributed by atoms with Crippen molar-refractivity contribution >= 4 is 17.2 Å². The van der Waals surface area contributed by atoms with E-state index in [2.05, 4.69) is 10.3 Å². The van der Waals surface area contributed by atoms with Crippen LogP contribution in [-0.4, -0.2) is 65.8 Å². The number of likely N-dealkylation sites (N-methyl/N-ethyl adjacent to an activating group) is 1. The Bertz CT molecular complexity index is 461. The molecule has 1 aliphatic rings. The quantitative estimate of drug-likeness (QED) is 0.887. The van der Waals surface area contributed by atoms with Crippen molar-refractivity contribution in [2.75, 3.05) is 33.3 Å². The van der Waals surface area contributed by atoms with Gasteiger partial charge < -0.3 is 14.7 Å². The van der Waals surface area contributed by atoms with Crippen LogP contribution in [0, 0.1) is 0 Å². The maximum atomic E-state index is 12.3. The Labute approximate surface area is 130 Å². The van der Waals surface area contributed by atoms with Gasteiger partial charge in [0, 0.05) is 26.7 Å². The van der Waals surface area contributed by atoms with Gasteiger partial charge in [-0.05, 0) is 36.2 Å². The third kappa shape index (κ3) is 4.78. The molecule has 6 heteroatoms. The van der Waals surface area contributed by atoms with Crippen molar-refractivity contribution in [1.29, 1.82) is 0 Å². The fourth-order valence-electron chi connectivity index (χ4n) is 2.69. The van der Waals surface area contributed by atoms with E-state index >= 15 is 0 Å². The second-order valence-corrected chi connectivity index (χ2v) is 7.01. The van der Waals surface area contributed by atoms with Gasteiger partial charge >= 0.3 is 0 Å². The van der Waals surface area contributed by atoms with E-state index in [1.54, 1.807) is 16.2 Å². The molecule has 0 saturated carbocycles. The summed E-state index contributed by atoms with van der Waals surface area (Å²) in [5.74, 6) is 0.0931. The first-order valence-electron chi connectivity index (χ1n) is 7.16. The molecule has 1 aromatic heterocycles. The highest BCUT2D eigenvalue weighted by Crippen LogP contribution is 2.20. The molecule has 1 aliphatic heterocycles. The average molecular weight is 312 g/mol. The highest BCUT2D eigenvalue weighted by atomic mass is 32.1. The number of carbonyl (C=O) groups is 1.